The molecule has 0 fully saturated rings. The molecule has 2 aromatic rings. The van der Waals surface area contributed by atoms with Crippen molar-refractivity contribution in [3.63, 3.8) is 0 Å². The zero-order chi connectivity index (χ0) is 13.7. The van der Waals surface area contributed by atoms with Crippen molar-refractivity contribution in [3.05, 3.63) is 23.5 Å². The maximum atomic E-state index is 12.9. The molecule has 0 amide bonds. The highest BCUT2D eigenvalue weighted by atomic mass is 19.4. The number of nitrogen functional groups attached to an aromatic ring is 1. The maximum Gasteiger partial charge on any atom is 0.433 e. The minimum Gasteiger partial charge on any atom is -0.384 e. The fourth-order valence-electron chi connectivity index (χ4n) is 1.71. The molecule has 0 radical (unpaired) electrons. The largest absolute Gasteiger partial charge is 0.433 e. The zero-order valence-electron chi connectivity index (χ0n) is 10.2. The van der Waals surface area contributed by atoms with Crippen LogP contribution < -0.4 is 5.73 Å². The number of aromatic nitrogens is 3. The van der Waals surface area contributed by atoms with E-state index < -0.39 is 11.9 Å². The van der Waals surface area contributed by atoms with E-state index in [0.717, 1.165) is 10.6 Å². The molecule has 0 aliphatic rings. The van der Waals surface area contributed by atoms with Crippen LogP contribution in [-0.2, 0) is 11.6 Å². The van der Waals surface area contributed by atoms with Crippen LogP contribution in [0.25, 0.3) is 5.65 Å². The van der Waals surface area contributed by atoms with Gasteiger partial charge in [0.25, 0.3) is 0 Å². The molecule has 0 saturated heterocycles. The Morgan fingerprint density at radius 2 is 1.83 bits per heavy atom. The molecular weight excluding hydrogens is 245 g/mol. The normalized spacial score (nSPS) is 13.2. The predicted molar refractivity (Wildman–Crippen MR) is 61.1 cm³/mol. The fraction of sp³-hybridized carbons (Fsp3) is 0.455. The summed E-state index contributed by atoms with van der Waals surface area (Å²) >= 11 is 0. The molecule has 18 heavy (non-hydrogen) atoms. The first-order chi connectivity index (χ1) is 8.10. The van der Waals surface area contributed by atoms with Gasteiger partial charge in [-0.3, -0.25) is 0 Å². The van der Waals surface area contributed by atoms with Gasteiger partial charge in [0.15, 0.2) is 11.3 Å². The van der Waals surface area contributed by atoms with E-state index in [1.165, 1.54) is 6.20 Å². The molecule has 0 unspecified atom stereocenters. The van der Waals surface area contributed by atoms with Gasteiger partial charge >= 0.3 is 6.18 Å². The van der Waals surface area contributed by atoms with Gasteiger partial charge in [0.2, 0.25) is 0 Å². The number of alkyl halides is 3. The monoisotopic (exact) mass is 258 g/mol. The van der Waals surface area contributed by atoms with Crippen LogP contribution in [0.15, 0.2) is 12.3 Å². The third-order valence-electron chi connectivity index (χ3n) is 2.59. The first kappa shape index (κ1) is 12.7. The topological polar surface area (TPSA) is 56.2 Å². The van der Waals surface area contributed by atoms with Gasteiger partial charge in [-0.15, -0.1) is 0 Å². The van der Waals surface area contributed by atoms with Gasteiger partial charge in [-0.2, -0.15) is 18.3 Å². The third kappa shape index (κ3) is 2.00. The quantitative estimate of drug-likeness (QED) is 0.790. The Morgan fingerprint density at radius 1 is 1.22 bits per heavy atom. The molecule has 0 atom stereocenters. The van der Waals surface area contributed by atoms with Gasteiger partial charge in [-0.05, 0) is 5.41 Å². The Hall–Kier alpha value is -1.79. The average molecular weight is 258 g/mol. The summed E-state index contributed by atoms with van der Waals surface area (Å²) in [6.07, 6.45) is -3.12. The zero-order valence-corrected chi connectivity index (χ0v) is 10.2. The second kappa shape index (κ2) is 3.60. The van der Waals surface area contributed by atoms with E-state index in [4.69, 9.17) is 5.73 Å². The Bertz CT molecular complexity index is 593. The molecule has 4 nitrogen and oxygen atoms in total. The lowest BCUT2D eigenvalue weighted by Crippen LogP contribution is -2.16. The van der Waals surface area contributed by atoms with Crippen molar-refractivity contribution >= 4 is 11.5 Å². The average Bonchev–Trinajstić information content (AvgIpc) is 2.57. The smallest absolute Gasteiger partial charge is 0.384 e. The molecule has 0 aliphatic heterocycles. The number of hydrogen-bond acceptors (Lipinski definition) is 3. The van der Waals surface area contributed by atoms with Crippen LogP contribution in [0.1, 0.15) is 32.0 Å². The van der Waals surface area contributed by atoms with Crippen LogP contribution in [0.4, 0.5) is 19.0 Å². The Labute approximate surface area is 102 Å². The summed E-state index contributed by atoms with van der Waals surface area (Å²) in [6, 6.07) is 0.784. The molecule has 0 spiro atoms. The van der Waals surface area contributed by atoms with Crippen LogP contribution in [0.5, 0.6) is 0 Å². The lowest BCUT2D eigenvalue weighted by Gasteiger charge is -2.17. The van der Waals surface area contributed by atoms with E-state index >= 15 is 0 Å². The molecule has 2 aromatic heterocycles. The molecule has 7 heteroatoms. The minimum atomic E-state index is -4.52. The van der Waals surface area contributed by atoms with E-state index in [9.17, 15) is 13.2 Å². The number of halogens is 3. The summed E-state index contributed by atoms with van der Waals surface area (Å²) < 4.78 is 39.4. The third-order valence-corrected chi connectivity index (χ3v) is 2.59. The number of fused-ring (bicyclic) bond motifs is 1. The summed E-state index contributed by atoms with van der Waals surface area (Å²) in [5.41, 5.74) is 4.94. The second-order valence-electron chi connectivity index (χ2n) is 5.11. The molecule has 2 N–H and O–H groups in total. The summed E-state index contributed by atoms with van der Waals surface area (Å²) in [7, 11) is 0. The van der Waals surface area contributed by atoms with E-state index in [0.29, 0.717) is 5.56 Å². The number of anilines is 1. The lowest BCUT2D eigenvalue weighted by molar-refractivity contribution is -0.142. The molecule has 0 bridgehead atoms. The highest BCUT2D eigenvalue weighted by Gasteiger charge is 2.36. The molecular formula is C11H13F3N4. The molecule has 98 valence electrons. The molecule has 0 aliphatic carbocycles. The van der Waals surface area contributed by atoms with Crippen LogP contribution in [0.2, 0.25) is 0 Å². The Kier molecular flexibility index (Phi) is 2.53. The Morgan fingerprint density at radius 3 is 2.33 bits per heavy atom. The van der Waals surface area contributed by atoms with Crippen LogP contribution >= 0.6 is 0 Å². The van der Waals surface area contributed by atoms with Gasteiger partial charge in [0.05, 0.1) is 6.20 Å². The molecule has 0 aromatic carbocycles. The first-order valence-electron chi connectivity index (χ1n) is 5.32. The predicted octanol–water partition coefficient (Wildman–Crippen LogP) is 2.63. The van der Waals surface area contributed by atoms with Gasteiger partial charge in [0.1, 0.15) is 5.82 Å². The maximum absolute atomic E-state index is 12.9. The number of nitrogens with zero attached hydrogens (tertiary/aromatic N) is 3. The second-order valence-corrected chi connectivity index (χ2v) is 5.11. The van der Waals surface area contributed by atoms with Gasteiger partial charge in [-0.25, -0.2) is 9.50 Å². The first-order valence-corrected chi connectivity index (χ1v) is 5.32. The molecule has 2 rings (SSSR count). The van der Waals surface area contributed by atoms with Gasteiger partial charge in [0, 0.05) is 11.6 Å². The number of hydrogen-bond donors (Lipinski definition) is 1. The van der Waals surface area contributed by atoms with Crippen LogP contribution in [0, 0.1) is 0 Å². The van der Waals surface area contributed by atoms with E-state index in [1.807, 2.05) is 20.8 Å². The van der Waals surface area contributed by atoms with E-state index in [2.05, 4.69) is 10.1 Å². The highest BCUT2D eigenvalue weighted by molar-refractivity contribution is 5.55. The van der Waals surface area contributed by atoms with Crippen molar-refractivity contribution in [2.45, 2.75) is 32.4 Å². The highest BCUT2D eigenvalue weighted by Crippen LogP contribution is 2.33. The van der Waals surface area contributed by atoms with Crippen molar-refractivity contribution in [1.82, 2.24) is 14.6 Å². The van der Waals surface area contributed by atoms with Crippen LogP contribution in [0.3, 0.4) is 0 Å². The van der Waals surface area contributed by atoms with Crippen molar-refractivity contribution in [3.8, 4) is 0 Å². The van der Waals surface area contributed by atoms with Crippen molar-refractivity contribution < 1.29 is 13.2 Å². The van der Waals surface area contributed by atoms with Crippen molar-refractivity contribution in [1.29, 1.82) is 0 Å². The number of rotatable bonds is 0. The number of nitrogens with two attached hydrogens (primary N) is 1. The SMILES string of the molecule is CC(C)(C)c1cnn2c(C(F)(F)F)cc(N)nc12. The summed E-state index contributed by atoms with van der Waals surface area (Å²) in [4.78, 5) is 3.95. The standard InChI is InChI=1S/C11H13F3N4/c1-10(2,3)6-5-16-18-7(11(12,13)14)4-8(15)17-9(6)18/h4-5H,1-3H3,(H2,15,17). The fourth-order valence-corrected chi connectivity index (χ4v) is 1.71. The Balaban J connectivity index is 2.82. The summed E-state index contributed by atoms with van der Waals surface area (Å²) in [6.45, 7) is 5.63. The lowest BCUT2D eigenvalue weighted by atomic mass is 9.89. The van der Waals surface area contributed by atoms with E-state index in [-0.39, 0.29) is 16.9 Å². The van der Waals surface area contributed by atoms with Crippen LogP contribution in [-0.4, -0.2) is 14.6 Å². The van der Waals surface area contributed by atoms with Crippen molar-refractivity contribution in [2.75, 3.05) is 5.73 Å². The minimum absolute atomic E-state index is 0.148. The van der Waals surface area contributed by atoms with E-state index in [1.54, 1.807) is 0 Å². The van der Waals surface area contributed by atoms with Gasteiger partial charge < -0.3 is 5.73 Å². The van der Waals surface area contributed by atoms with Crippen molar-refractivity contribution in [2.24, 2.45) is 0 Å². The molecule has 2 heterocycles. The summed E-state index contributed by atoms with van der Waals surface area (Å²) in [5.74, 6) is -0.166. The summed E-state index contributed by atoms with van der Waals surface area (Å²) in [5, 5.41) is 3.77. The molecule has 0 saturated carbocycles. The van der Waals surface area contributed by atoms with Gasteiger partial charge in [-0.1, -0.05) is 20.8 Å².